The molecule has 0 bridgehead atoms. The molecule has 0 fully saturated rings. The molecule has 0 saturated carbocycles. The van der Waals surface area contributed by atoms with Crippen molar-refractivity contribution in [2.24, 2.45) is 0 Å². The van der Waals surface area contributed by atoms with Crippen molar-refractivity contribution < 1.29 is 4.74 Å². The lowest BCUT2D eigenvalue weighted by Gasteiger charge is -2.01. The molecule has 0 spiro atoms. The first-order valence-corrected chi connectivity index (χ1v) is 5.88. The second kappa shape index (κ2) is 3.74. The maximum atomic E-state index is 6.08. The third-order valence-electron chi connectivity index (χ3n) is 2.54. The van der Waals surface area contributed by atoms with E-state index in [0.29, 0.717) is 11.6 Å². The number of hydrogen-bond donors (Lipinski definition) is 1. The molecular formula is C11H10N4OS. The molecule has 0 aliphatic rings. The first kappa shape index (κ1) is 10.1. The Morgan fingerprint density at radius 3 is 3.06 bits per heavy atom. The molecule has 3 aromatic rings. The first-order chi connectivity index (χ1) is 8.31. The van der Waals surface area contributed by atoms with Crippen molar-refractivity contribution in [2.75, 3.05) is 12.8 Å². The largest absolute Gasteiger partial charge is 0.493 e. The summed E-state index contributed by atoms with van der Waals surface area (Å²) < 4.78 is 7.08. The zero-order chi connectivity index (χ0) is 11.8. The summed E-state index contributed by atoms with van der Waals surface area (Å²) in [6.45, 7) is 0. The molecule has 0 atom stereocenters. The van der Waals surface area contributed by atoms with Gasteiger partial charge in [-0.15, -0.1) is 11.3 Å². The number of fused-ring (bicyclic) bond motifs is 1. The Hall–Kier alpha value is -2.08. The summed E-state index contributed by atoms with van der Waals surface area (Å²) in [5.74, 6) is 1.30. The van der Waals surface area contributed by atoms with Crippen LogP contribution < -0.4 is 10.5 Å². The highest BCUT2D eigenvalue weighted by molar-refractivity contribution is 7.13. The Bertz CT molecular complexity index is 659. The quantitative estimate of drug-likeness (QED) is 0.751. The monoisotopic (exact) mass is 246 g/mol. The lowest BCUT2D eigenvalue weighted by molar-refractivity contribution is 0.417. The van der Waals surface area contributed by atoms with Crippen LogP contribution in [0.1, 0.15) is 0 Å². The normalized spacial score (nSPS) is 10.9. The minimum Gasteiger partial charge on any atom is -0.493 e. The third-order valence-corrected chi connectivity index (χ3v) is 3.32. The van der Waals surface area contributed by atoms with Gasteiger partial charge in [0.15, 0.2) is 11.4 Å². The Kier molecular flexibility index (Phi) is 2.22. The van der Waals surface area contributed by atoms with Gasteiger partial charge in [-0.05, 0) is 12.1 Å². The maximum absolute atomic E-state index is 6.08. The minimum atomic E-state index is 0.600. The fourth-order valence-electron chi connectivity index (χ4n) is 1.73. The summed E-state index contributed by atoms with van der Waals surface area (Å²) in [5, 5.41) is 0. The number of nitrogens with two attached hydrogens (primary N) is 1. The predicted molar refractivity (Wildman–Crippen MR) is 67.3 cm³/mol. The van der Waals surface area contributed by atoms with Gasteiger partial charge in [-0.2, -0.15) is 0 Å². The van der Waals surface area contributed by atoms with Crippen LogP contribution in [0.15, 0.2) is 30.0 Å². The molecule has 3 aromatic heterocycles. The van der Waals surface area contributed by atoms with Gasteiger partial charge in [0.05, 0.1) is 17.5 Å². The summed E-state index contributed by atoms with van der Waals surface area (Å²) in [7, 11) is 1.62. The highest BCUT2D eigenvalue weighted by Crippen LogP contribution is 2.31. The summed E-state index contributed by atoms with van der Waals surface area (Å²) in [6, 6.07) is 3.73. The number of methoxy groups -OCH3 is 1. The van der Waals surface area contributed by atoms with Crippen LogP contribution in [0.3, 0.4) is 0 Å². The number of nitrogen functional groups attached to an aromatic ring is 1. The third kappa shape index (κ3) is 1.45. The lowest BCUT2D eigenvalue weighted by Crippen LogP contribution is -1.94. The van der Waals surface area contributed by atoms with E-state index in [9.17, 15) is 0 Å². The van der Waals surface area contributed by atoms with Crippen LogP contribution in [-0.2, 0) is 0 Å². The van der Waals surface area contributed by atoms with Crippen LogP contribution in [0.25, 0.3) is 16.2 Å². The number of aromatic nitrogens is 3. The van der Waals surface area contributed by atoms with Gasteiger partial charge in [0, 0.05) is 12.4 Å². The van der Waals surface area contributed by atoms with Crippen LogP contribution in [0, 0.1) is 0 Å². The summed E-state index contributed by atoms with van der Waals surface area (Å²) in [6.07, 6.45) is 3.62. The number of thiazole rings is 1. The van der Waals surface area contributed by atoms with Gasteiger partial charge >= 0.3 is 0 Å². The molecule has 0 unspecified atom stereocenters. The van der Waals surface area contributed by atoms with Gasteiger partial charge < -0.3 is 10.5 Å². The smallest absolute Gasteiger partial charge is 0.181 e. The van der Waals surface area contributed by atoms with Gasteiger partial charge in [-0.1, -0.05) is 0 Å². The number of ether oxygens (including phenoxy) is 1. The second-order valence-corrected chi connectivity index (χ2v) is 4.37. The van der Waals surface area contributed by atoms with Crippen molar-refractivity contribution in [2.45, 2.75) is 0 Å². The van der Waals surface area contributed by atoms with Crippen molar-refractivity contribution in [3.05, 3.63) is 30.0 Å². The van der Waals surface area contributed by atoms with E-state index < -0.39 is 0 Å². The van der Waals surface area contributed by atoms with Gasteiger partial charge in [-0.3, -0.25) is 9.38 Å². The molecular weight excluding hydrogens is 236 g/mol. The Morgan fingerprint density at radius 1 is 1.47 bits per heavy atom. The molecule has 3 rings (SSSR count). The van der Waals surface area contributed by atoms with Gasteiger partial charge in [0.25, 0.3) is 0 Å². The van der Waals surface area contributed by atoms with Crippen LogP contribution in [0.2, 0.25) is 0 Å². The van der Waals surface area contributed by atoms with E-state index >= 15 is 0 Å². The highest BCUT2D eigenvalue weighted by atomic mass is 32.1. The molecule has 86 valence electrons. The molecule has 0 radical (unpaired) electrons. The predicted octanol–water partition coefficient (Wildman–Crippen LogP) is 2.05. The van der Waals surface area contributed by atoms with Crippen molar-refractivity contribution in [1.82, 2.24) is 14.4 Å². The molecule has 0 saturated heterocycles. The van der Waals surface area contributed by atoms with E-state index in [4.69, 9.17) is 10.5 Å². The van der Waals surface area contributed by atoms with Crippen LogP contribution in [0.4, 0.5) is 5.82 Å². The number of rotatable bonds is 2. The Balaban J connectivity index is 2.32. The zero-order valence-corrected chi connectivity index (χ0v) is 9.94. The van der Waals surface area contributed by atoms with E-state index in [0.717, 1.165) is 16.2 Å². The van der Waals surface area contributed by atoms with Crippen LogP contribution >= 0.6 is 11.3 Å². The average Bonchev–Trinajstić information content (AvgIpc) is 2.97. The molecule has 5 nitrogen and oxygen atoms in total. The molecule has 0 aliphatic carbocycles. The molecule has 3 heterocycles. The van der Waals surface area contributed by atoms with Gasteiger partial charge in [-0.25, -0.2) is 4.98 Å². The van der Waals surface area contributed by atoms with Gasteiger partial charge in [0.1, 0.15) is 11.5 Å². The molecule has 17 heavy (non-hydrogen) atoms. The molecule has 0 aliphatic heterocycles. The fraction of sp³-hybridized carbons (Fsp3) is 0.0909. The van der Waals surface area contributed by atoms with E-state index in [-0.39, 0.29) is 0 Å². The van der Waals surface area contributed by atoms with E-state index in [1.165, 1.54) is 11.3 Å². The standard InChI is InChI=1S/C11H10N4OS/c1-16-7-3-2-4-15-10(12)9(14-11(7)15)8-5-13-6-17-8/h2-6H,12H2,1H3. The number of anilines is 1. The maximum Gasteiger partial charge on any atom is 0.181 e. The van der Waals surface area contributed by atoms with Crippen molar-refractivity contribution >= 4 is 22.8 Å². The average molecular weight is 246 g/mol. The summed E-state index contributed by atoms with van der Waals surface area (Å²) >= 11 is 1.51. The second-order valence-electron chi connectivity index (χ2n) is 3.48. The van der Waals surface area contributed by atoms with Crippen LogP contribution in [0.5, 0.6) is 5.75 Å². The van der Waals surface area contributed by atoms with E-state index in [2.05, 4.69) is 9.97 Å². The van der Waals surface area contributed by atoms with Crippen molar-refractivity contribution in [3.63, 3.8) is 0 Å². The zero-order valence-electron chi connectivity index (χ0n) is 9.12. The fourth-order valence-corrected chi connectivity index (χ4v) is 2.35. The number of hydrogen-bond acceptors (Lipinski definition) is 5. The Labute approximate surface area is 102 Å². The highest BCUT2D eigenvalue weighted by Gasteiger charge is 2.14. The topological polar surface area (TPSA) is 65.4 Å². The minimum absolute atomic E-state index is 0.600. The number of pyridine rings is 1. The molecule has 0 amide bonds. The van der Waals surface area contributed by atoms with Gasteiger partial charge in [0.2, 0.25) is 0 Å². The lowest BCUT2D eigenvalue weighted by atomic mass is 10.4. The summed E-state index contributed by atoms with van der Waals surface area (Å²) in [4.78, 5) is 9.50. The number of nitrogens with zero attached hydrogens (tertiary/aromatic N) is 3. The molecule has 2 N–H and O–H groups in total. The van der Waals surface area contributed by atoms with Crippen molar-refractivity contribution in [1.29, 1.82) is 0 Å². The Morgan fingerprint density at radius 2 is 2.35 bits per heavy atom. The van der Waals surface area contributed by atoms with Crippen LogP contribution in [-0.4, -0.2) is 21.5 Å². The number of imidazole rings is 1. The van der Waals surface area contributed by atoms with Crippen molar-refractivity contribution in [3.8, 4) is 16.3 Å². The molecule has 6 heteroatoms. The van der Waals surface area contributed by atoms with E-state index in [1.54, 1.807) is 18.8 Å². The first-order valence-electron chi connectivity index (χ1n) is 5.00. The summed E-state index contributed by atoms with van der Waals surface area (Å²) in [5.41, 5.74) is 9.30. The van der Waals surface area contributed by atoms with E-state index in [1.807, 2.05) is 22.7 Å². The SMILES string of the molecule is COc1cccn2c(N)c(-c3cncs3)nc12. The molecule has 0 aromatic carbocycles.